The second kappa shape index (κ2) is 5.40. The van der Waals surface area contributed by atoms with Crippen molar-refractivity contribution >= 4 is 29.0 Å². The SMILES string of the molecule is Cc1c(/C=C/c2cnnn2C)nc2ccccc2c1C(=O)O. The fourth-order valence-electron chi connectivity index (χ4n) is 2.38. The normalized spacial score (nSPS) is 11.4. The Morgan fingerprint density at radius 1 is 1.27 bits per heavy atom. The van der Waals surface area contributed by atoms with Crippen molar-refractivity contribution in [2.75, 3.05) is 0 Å². The Kier molecular flexibility index (Phi) is 3.42. The number of carboxylic acids is 1. The Morgan fingerprint density at radius 2 is 2.05 bits per heavy atom. The number of aryl methyl sites for hydroxylation is 1. The van der Waals surface area contributed by atoms with E-state index < -0.39 is 5.97 Å². The minimum absolute atomic E-state index is 0.286. The molecule has 6 heteroatoms. The molecule has 0 bridgehead atoms. The summed E-state index contributed by atoms with van der Waals surface area (Å²) >= 11 is 0. The van der Waals surface area contributed by atoms with E-state index >= 15 is 0 Å². The van der Waals surface area contributed by atoms with E-state index in [1.165, 1.54) is 0 Å². The minimum Gasteiger partial charge on any atom is -0.478 e. The van der Waals surface area contributed by atoms with Gasteiger partial charge in [-0.2, -0.15) is 0 Å². The van der Waals surface area contributed by atoms with Gasteiger partial charge in [-0.25, -0.2) is 14.5 Å². The second-order valence-corrected chi connectivity index (χ2v) is 4.94. The van der Waals surface area contributed by atoms with Gasteiger partial charge < -0.3 is 5.11 Å². The van der Waals surface area contributed by atoms with Crippen LogP contribution in [0.1, 0.15) is 27.3 Å². The first-order valence-corrected chi connectivity index (χ1v) is 6.73. The topological polar surface area (TPSA) is 80.9 Å². The zero-order valence-electron chi connectivity index (χ0n) is 12.2. The summed E-state index contributed by atoms with van der Waals surface area (Å²) in [5.74, 6) is -0.951. The van der Waals surface area contributed by atoms with Crippen molar-refractivity contribution in [1.82, 2.24) is 20.0 Å². The summed E-state index contributed by atoms with van der Waals surface area (Å²) in [6, 6.07) is 7.24. The highest BCUT2D eigenvalue weighted by atomic mass is 16.4. The van der Waals surface area contributed by atoms with Gasteiger partial charge in [-0.15, -0.1) is 5.10 Å². The van der Waals surface area contributed by atoms with Gasteiger partial charge in [0, 0.05) is 12.4 Å². The molecule has 0 amide bonds. The van der Waals surface area contributed by atoms with E-state index in [0.29, 0.717) is 22.2 Å². The highest BCUT2D eigenvalue weighted by Gasteiger charge is 2.15. The molecule has 2 heterocycles. The summed E-state index contributed by atoms with van der Waals surface area (Å²) in [5, 5.41) is 17.8. The van der Waals surface area contributed by atoms with E-state index in [-0.39, 0.29) is 5.56 Å². The Morgan fingerprint density at radius 3 is 2.73 bits per heavy atom. The highest BCUT2D eigenvalue weighted by Crippen LogP contribution is 2.24. The van der Waals surface area contributed by atoms with Gasteiger partial charge in [0.2, 0.25) is 0 Å². The van der Waals surface area contributed by atoms with Crippen molar-refractivity contribution in [3.63, 3.8) is 0 Å². The molecule has 0 spiro atoms. The number of aromatic nitrogens is 4. The van der Waals surface area contributed by atoms with Crippen LogP contribution in [0, 0.1) is 6.92 Å². The second-order valence-electron chi connectivity index (χ2n) is 4.94. The van der Waals surface area contributed by atoms with Crippen molar-refractivity contribution < 1.29 is 9.90 Å². The zero-order valence-corrected chi connectivity index (χ0v) is 12.2. The number of aromatic carboxylic acids is 1. The molecule has 110 valence electrons. The number of nitrogens with zero attached hydrogens (tertiary/aromatic N) is 4. The van der Waals surface area contributed by atoms with Gasteiger partial charge in [0.1, 0.15) is 0 Å². The first-order valence-electron chi connectivity index (χ1n) is 6.73. The molecule has 0 atom stereocenters. The first-order chi connectivity index (χ1) is 10.6. The number of hydrogen-bond acceptors (Lipinski definition) is 4. The van der Waals surface area contributed by atoms with Crippen LogP contribution in [0.15, 0.2) is 30.5 Å². The van der Waals surface area contributed by atoms with Gasteiger partial charge in [-0.05, 0) is 30.7 Å². The zero-order chi connectivity index (χ0) is 15.7. The van der Waals surface area contributed by atoms with Crippen LogP contribution in [0.2, 0.25) is 0 Å². The fourth-order valence-corrected chi connectivity index (χ4v) is 2.38. The number of hydrogen-bond donors (Lipinski definition) is 1. The maximum atomic E-state index is 11.6. The summed E-state index contributed by atoms with van der Waals surface area (Å²) in [6.07, 6.45) is 5.23. The largest absolute Gasteiger partial charge is 0.478 e. The van der Waals surface area contributed by atoms with E-state index in [4.69, 9.17) is 0 Å². The van der Waals surface area contributed by atoms with Crippen LogP contribution in [0.4, 0.5) is 0 Å². The number of para-hydroxylation sites is 1. The standard InChI is InChI=1S/C16H14N4O2/c1-10-13(8-7-11-9-17-19-20(11)2)18-14-6-4-3-5-12(14)15(10)16(21)22/h3-9H,1-2H3,(H,21,22)/b8-7+. The summed E-state index contributed by atoms with van der Waals surface area (Å²) in [7, 11) is 1.79. The Bertz CT molecular complexity index is 896. The molecule has 1 N–H and O–H groups in total. The van der Waals surface area contributed by atoms with E-state index in [9.17, 15) is 9.90 Å². The van der Waals surface area contributed by atoms with Crippen molar-refractivity contribution in [3.8, 4) is 0 Å². The molecule has 0 fully saturated rings. The van der Waals surface area contributed by atoms with Gasteiger partial charge in [-0.1, -0.05) is 23.4 Å². The van der Waals surface area contributed by atoms with E-state index in [1.807, 2.05) is 24.3 Å². The van der Waals surface area contributed by atoms with Crippen LogP contribution >= 0.6 is 0 Å². The lowest BCUT2D eigenvalue weighted by molar-refractivity contribution is 0.0698. The van der Waals surface area contributed by atoms with Crippen molar-refractivity contribution in [1.29, 1.82) is 0 Å². The molecule has 22 heavy (non-hydrogen) atoms. The van der Waals surface area contributed by atoms with Crippen LogP contribution in [0.3, 0.4) is 0 Å². The lowest BCUT2D eigenvalue weighted by atomic mass is 10.0. The quantitative estimate of drug-likeness (QED) is 0.802. The average Bonchev–Trinajstić information content (AvgIpc) is 2.90. The smallest absolute Gasteiger partial charge is 0.336 e. The number of carboxylic acid groups (broad SMARTS) is 1. The molecule has 3 aromatic rings. The Labute approximate surface area is 126 Å². The number of carbonyl (C=O) groups is 1. The molecule has 0 aliphatic rings. The molecular weight excluding hydrogens is 280 g/mol. The van der Waals surface area contributed by atoms with Crippen molar-refractivity contribution in [2.24, 2.45) is 7.05 Å². The molecule has 1 aromatic carbocycles. The molecule has 3 rings (SSSR count). The molecule has 2 aromatic heterocycles. The molecule has 0 unspecified atom stereocenters. The molecule has 0 saturated carbocycles. The van der Waals surface area contributed by atoms with Crippen LogP contribution < -0.4 is 0 Å². The van der Waals surface area contributed by atoms with Crippen LogP contribution in [-0.2, 0) is 7.05 Å². The minimum atomic E-state index is -0.951. The number of pyridine rings is 1. The lowest BCUT2D eigenvalue weighted by Crippen LogP contribution is -2.04. The van der Waals surface area contributed by atoms with Gasteiger partial charge in [-0.3, -0.25) is 0 Å². The van der Waals surface area contributed by atoms with E-state index in [0.717, 1.165) is 5.69 Å². The lowest BCUT2D eigenvalue weighted by Gasteiger charge is -2.09. The third-order valence-electron chi connectivity index (χ3n) is 3.55. The Balaban J connectivity index is 2.18. The monoisotopic (exact) mass is 294 g/mol. The first kappa shape index (κ1) is 13.9. The molecular formula is C16H14N4O2. The highest BCUT2D eigenvalue weighted by molar-refractivity contribution is 6.04. The molecule has 0 aliphatic carbocycles. The van der Waals surface area contributed by atoms with Crippen molar-refractivity contribution in [3.05, 3.63) is 53.0 Å². The molecule has 0 radical (unpaired) electrons. The average molecular weight is 294 g/mol. The summed E-state index contributed by atoms with van der Waals surface area (Å²) in [6.45, 7) is 1.77. The van der Waals surface area contributed by atoms with Gasteiger partial charge in [0.15, 0.2) is 0 Å². The summed E-state index contributed by atoms with van der Waals surface area (Å²) in [5.41, 5.74) is 3.02. The molecule has 0 saturated heterocycles. The van der Waals surface area contributed by atoms with Gasteiger partial charge in [0.25, 0.3) is 0 Å². The number of fused-ring (bicyclic) bond motifs is 1. The van der Waals surface area contributed by atoms with E-state index in [2.05, 4.69) is 15.3 Å². The van der Waals surface area contributed by atoms with Crippen molar-refractivity contribution in [2.45, 2.75) is 6.92 Å². The fraction of sp³-hybridized carbons (Fsp3) is 0.125. The predicted molar refractivity (Wildman–Crippen MR) is 83.4 cm³/mol. The number of benzene rings is 1. The predicted octanol–water partition coefficient (Wildman–Crippen LogP) is 2.54. The van der Waals surface area contributed by atoms with Gasteiger partial charge in [0.05, 0.1) is 28.7 Å². The maximum absolute atomic E-state index is 11.6. The van der Waals surface area contributed by atoms with Gasteiger partial charge >= 0.3 is 5.97 Å². The van der Waals surface area contributed by atoms with Crippen LogP contribution in [-0.4, -0.2) is 31.1 Å². The number of rotatable bonds is 3. The molecule has 6 nitrogen and oxygen atoms in total. The maximum Gasteiger partial charge on any atom is 0.336 e. The third-order valence-corrected chi connectivity index (χ3v) is 3.55. The van der Waals surface area contributed by atoms with Crippen LogP contribution in [0.25, 0.3) is 23.1 Å². The third kappa shape index (κ3) is 2.35. The van der Waals surface area contributed by atoms with E-state index in [1.54, 1.807) is 37.0 Å². The van der Waals surface area contributed by atoms with Crippen LogP contribution in [0.5, 0.6) is 0 Å². The summed E-state index contributed by atoms with van der Waals surface area (Å²) < 4.78 is 1.63. The molecule has 0 aliphatic heterocycles. The Hall–Kier alpha value is -3.02. The summed E-state index contributed by atoms with van der Waals surface area (Å²) in [4.78, 5) is 16.1.